The van der Waals surface area contributed by atoms with Crippen molar-refractivity contribution in [2.24, 2.45) is 0 Å². The molecule has 0 fully saturated rings. The molecular weight excluding hydrogens is 392 g/mol. The van der Waals surface area contributed by atoms with Gasteiger partial charge < -0.3 is 14.8 Å². The van der Waals surface area contributed by atoms with E-state index in [1.807, 2.05) is 17.0 Å². The molecule has 144 valence electrons. The molecule has 27 heavy (non-hydrogen) atoms. The number of hydrogen-bond acceptors (Lipinski definition) is 7. The Labute approximate surface area is 165 Å². The van der Waals surface area contributed by atoms with E-state index >= 15 is 0 Å². The lowest BCUT2D eigenvalue weighted by molar-refractivity contribution is -0.117. The van der Waals surface area contributed by atoms with Gasteiger partial charge in [-0.05, 0) is 37.4 Å². The summed E-state index contributed by atoms with van der Waals surface area (Å²) in [5, 5.41) is 2.68. The first-order valence-electron chi connectivity index (χ1n) is 7.86. The fourth-order valence-corrected chi connectivity index (χ4v) is 3.54. The van der Waals surface area contributed by atoms with E-state index in [2.05, 4.69) is 14.8 Å². The van der Waals surface area contributed by atoms with Gasteiger partial charge in [0.15, 0.2) is 0 Å². The van der Waals surface area contributed by atoms with Crippen molar-refractivity contribution in [3.8, 4) is 0 Å². The third kappa shape index (κ3) is 6.06. The predicted octanol–water partition coefficient (Wildman–Crippen LogP) is 3.05. The molecule has 0 bridgehead atoms. The number of carbonyl (C=O) groups is 3. The molecule has 0 radical (unpaired) electrons. The number of hydrogen-bond donors (Lipinski definition) is 1. The number of carbonyl (C=O) groups excluding carboxylic acids is 3. The fraction of sp³-hybridized carbons (Fsp3) is 0.278. The number of nitrogens with one attached hydrogen (secondary N) is 1. The van der Waals surface area contributed by atoms with Crippen molar-refractivity contribution < 1.29 is 23.9 Å². The molecule has 7 nitrogen and oxygen atoms in total. The van der Waals surface area contributed by atoms with Gasteiger partial charge >= 0.3 is 11.9 Å². The van der Waals surface area contributed by atoms with E-state index in [4.69, 9.17) is 11.6 Å². The Balaban J connectivity index is 2.08. The van der Waals surface area contributed by atoms with Crippen molar-refractivity contribution in [3.63, 3.8) is 0 Å². The van der Waals surface area contributed by atoms with Crippen molar-refractivity contribution in [1.82, 2.24) is 4.90 Å². The fourth-order valence-electron chi connectivity index (χ4n) is 2.38. The van der Waals surface area contributed by atoms with Crippen LogP contribution in [0.1, 0.15) is 25.6 Å². The molecule has 2 rings (SSSR count). The molecule has 0 spiro atoms. The number of rotatable bonds is 7. The van der Waals surface area contributed by atoms with Crippen LogP contribution in [0.3, 0.4) is 0 Å². The second-order valence-electron chi connectivity index (χ2n) is 5.71. The number of methoxy groups -OCH3 is 2. The van der Waals surface area contributed by atoms with E-state index < -0.39 is 11.9 Å². The van der Waals surface area contributed by atoms with Crippen molar-refractivity contribution in [1.29, 1.82) is 0 Å². The first kappa shape index (κ1) is 20.9. The van der Waals surface area contributed by atoms with Gasteiger partial charge in [0.1, 0.15) is 0 Å². The number of nitrogens with zero attached hydrogens (tertiary/aromatic N) is 1. The maximum atomic E-state index is 12.3. The zero-order valence-electron chi connectivity index (χ0n) is 15.1. The summed E-state index contributed by atoms with van der Waals surface area (Å²) < 4.78 is 10.0. The normalized spacial score (nSPS) is 10.6. The summed E-state index contributed by atoms with van der Waals surface area (Å²) in [5.74, 6) is -1.54. The monoisotopic (exact) mass is 410 g/mol. The average Bonchev–Trinajstić information content (AvgIpc) is 3.04. The third-order valence-electron chi connectivity index (χ3n) is 3.53. The van der Waals surface area contributed by atoms with Gasteiger partial charge in [-0.3, -0.25) is 9.69 Å². The molecular formula is C18H19ClN2O5S. The van der Waals surface area contributed by atoms with Gasteiger partial charge in [-0.15, -0.1) is 11.3 Å². The van der Waals surface area contributed by atoms with Crippen LogP contribution in [0.2, 0.25) is 4.34 Å². The standard InChI is InChI=1S/C18H19ClN2O5S/c1-21(9-14-4-5-15(19)27-14)10-16(22)20-13-7-11(17(23)25-2)6-12(8-13)18(24)26-3/h4-8H,9-10H2,1-3H3,(H,20,22). The average molecular weight is 411 g/mol. The Morgan fingerprint density at radius 2 is 1.67 bits per heavy atom. The second-order valence-corrected chi connectivity index (χ2v) is 7.51. The van der Waals surface area contributed by atoms with Crippen LogP contribution >= 0.6 is 22.9 Å². The highest BCUT2D eigenvalue weighted by Gasteiger charge is 2.16. The lowest BCUT2D eigenvalue weighted by Gasteiger charge is -2.16. The highest BCUT2D eigenvalue weighted by atomic mass is 35.5. The number of amides is 1. The van der Waals surface area contributed by atoms with Crippen LogP contribution < -0.4 is 5.32 Å². The summed E-state index contributed by atoms with van der Waals surface area (Å²) >= 11 is 7.36. The van der Waals surface area contributed by atoms with Gasteiger partial charge in [-0.25, -0.2) is 9.59 Å². The number of anilines is 1. The molecule has 0 saturated heterocycles. The lowest BCUT2D eigenvalue weighted by atomic mass is 10.1. The van der Waals surface area contributed by atoms with E-state index in [0.29, 0.717) is 16.6 Å². The molecule has 9 heteroatoms. The van der Waals surface area contributed by atoms with Gasteiger partial charge in [0.05, 0.1) is 36.2 Å². The largest absolute Gasteiger partial charge is 0.465 e. The summed E-state index contributed by atoms with van der Waals surface area (Å²) in [6.07, 6.45) is 0. The van der Waals surface area contributed by atoms with Gasteiger partial charge in [0.2, 0.25) is 5.91 Å². The number of halogens is 1. The van der Waals surface area contributed by atoms with Crippen LogP contribution in [0.15, 0.2) is 30.3 Å². The smallest absolute Gasteiger partial charge is 0.337 e. The Morgan fingerprint density at radius 3 is 2.15 bits per heavy atom. The zero-order valence-corrected chi connectivity index (χ0v) is 16.6. The number of ether oxygens (including phenoxy) is 2. The van der Waals surface area contributed by atoms with Gasteiger partial charge in [-0.1, -0.05) is 11.6 Å². The minimum absolute atomic E-state index is 0.117. The van der Waals surface area contributed by atoms with Crippen LogP contribution in [0.4, 0.5) is 5.69 Å². The van der Waals surface area contributed by atoms with Crippen molar-refractivity contribution >= 4 is 46.5 Å². The van der Waals surface area contributed by atoms with Crippen molar-refractivity contribution in [3.05, 3.63) is 50.7 Å². The second kappa shape index (κ2) is 9.50. The quantitative estimate of drug-likeness (QED) is 0.706. The SMILES string of the molecule is COC(=O)c1cc(NC(=O)CN(C)Cc2ccc(Cl)s2)cc(C(=O)OC)c1. The molecule has 1 N–H and O–H groups in total. The molecule has 2 aromatic rings. The summed E-state index contributed by atoms with van der Waals surface area (Å²) in [6, 6.07) is 7.94. The predicted molar refractivity (Wildman–Crippen MR) is 103 cm³/mol. The number of likely N-dealkylation sites (N-methyl/N-ethyl adjacent to an activating group) is 1. The Bertz CT molecular complexity index is 818. The molecule has 1 aromatic carbocycles. The summed E-state index contributed by atoms with van der Waals surface area (Å²) in [7, 11) is 4.27. The highest BCUT2D eigenvalue weighted by molar-refractivity contribution is 7.16. The molecule has 1 heterocycles. The summed E-state index contributed by atoms with van der Waals surface area (Å²) in [6.45, 7) is 0.686. The number of benzene rings is 1. The van der Waals surface area contributed by atoms with E-state index in [0.717, 1.165) is 4.88 Å². The molecule has 0 atom stereocenters. The van der Waals surface area contributed by atoms with Crippen LogP contribution in [-0.4, -0.2) is 50.6 Å². The third-order valence-corrected chi connectivity index (χ3v) is 4.74. The Hall–Kier alpha value is -2.42. The topological polar surface area (TPSA) is 84.9 Å². The molecule has 1 amide bonds. The highest BCUT2D eigenvalue weighted by Crippen LogP contribution is 2.22. The maximum Gasteiger partial charge on any atom is 0.337 e. The summed E-state index contributed by atoms with van der Waals surface area (Å²) in [4.78, 5) is 38.8. The van der Waals surface area contributed by atoms with E-state index in [1.165, 1.54) is 43.8 Å². The molecule has 0 unspecified atom stereocenters. The first-order chi connectivity index (χ1) is 12.8. The zero-order chi connectivity index (χ0) is 20.0. The number of esters is 2. The molecule has 0 aliphatic carbocycles. The van der Waals surface area contributed by atoms with Crippen LogP contribution in [0.25, 0.3) is 0 Å². The Kier molecular flexibility index (Phi) is 7.35. The van der Waals surface area contributed by atoms with Crippen molar-refractivity contribution in [2.45, 2.75) is 6.54 Å². The van der Waals surface area contributed by atoms with E-state index in [-0.39, 0.29) is 23.6 Å². The molecule has 0 aliphatic heterocycles. The van der Waals surface area contributed by atoms with Crippen molar-refractivity contribution in [2.75, 3.05) is 33.1 Å². The van der Waals surface area contributed by atoms with Gasteiger partial charge in [0, 0.05) is 17.1 Å². The van der Waals surface area contributed by atoms with E-state index in [1.54, 1.807) is 7.05 Å². The lowest BCUT2D eigenvalue weighted by Crippen LogP contribution is -2.29. The van der Waals surface area contributed by atoms with Crippen LogP contribution in [0.5, 0.6) is 0 Å². The Morgan fingerprint density at radius 1 is 1.07 bits per heavy atom. The van der Waals surface area contributed by atoms with Crippen LogP contribution in [-0.2, 0) is 20.8 Å². The summed E-state index contributed by atoms with van der Waals surface area (Å²) in [5.41, 5.74) is 0.574. The van der Waals surface area contributed by atoms with E-state index in [9.17, 15) is 14.4 Å². The van der Waals surface area contributed by atoms with Gasteiger partial charge in [-0.2, -0.15) is 0 Å². The number of thiophene rings is 1. The maximum absolute atomic E-state index is 12.3. The first-order valence-corrected chi connectivity index (χ1v) is 9.06. The minimum Gasteiger partial charge on any atom is -0.465 e. The molecule has 1 aromatic heterocycles. The van der Waals surface area contributed by atoms with Gasteiger partial charge in [0.25, 0.3) is 0 Å². The molecule has 0 saturated carbocycles. The molecule has 0 aliphatic rings. The van der Waals surface area contributed by atoms with Crippen LogP contribution in [0, 0.1) is 0 Å². The minimum atomic E-state index is -0.622.